The summed E-state index contributed by atoms with van der Waals surface area (Å²) in [5, 5.41) is 0. The SMILES string of the molecule is CC(C)(C)OC(=O)N1CCC(CCN2CCN(c3cc(F)ccc3S(C)(=O)=O)CC2)CC1. The second kappa shape index (κ2) is 9.95. The molecule has 180 valence electrons. The van der Waals surface area contributed by atoms with E-state index in [0.717, 1.165) is 58.2 Å². The summed E-state index contributed by atoms with van der Waals surface area (Å²) in [6.45, 7) is 11.1. The minimum Gasteiger partial charge on any atom is -0.444 e. The van der Waals surface area contributed by atoms with E-state index in [1.165, 1.54) is 18.2 Å². The van der Waals surface area contributed by atoms with Crippen LogP contribution in [0, 0.1) is 11.7 Å². The molecule has 3 rings (SSSR count). The van der Waals surface area contributed by atoms with Crippen molar-refractivity contribution in [2.24, 2.45) is 5.92 Å². The van der Waals surface area contributed by atoms with Gasteiger partial charge < -0.3 is 14.5 Å². The van der Waals surface area contributed by atoms with Gasteiger partial charge in [-0.3, -0.25) is 4.90 Å². The first-order valence-corrected chi connectivity index (χ1v) is 13.3. The Morgan fingerprint density at radius 2 is 1.72 bits per heavy atom. The summed E-state index contributed by atoms with van der Waals surface area (Å²) in [7, 11) is -3.42. The number of ether oxygens (including phenoxy) is 1. The smallest absolute Gasteiger partial charge is 0.410 e. The van der Waals surface area contributed by atoms with Gasteiger partial charge in [-0.2, -0.15) is 0 Å². The lowest BCUT2D eigenvalue weighted by Crippen LogP contribution is -2.47. The number of sulfone groups is 1. The average Bonchev–Trinajstić information content (AvgIpc) is 2.71. The Bertz CT molecular complexity index is 900. The third-order valence-electron chi connectivity index (χ3n) is 6.15. The molecule has 32 heavy (non-hydrogen) atoms. The summed E-state index contributed by atoms with van der Waals surface area (Å²) in [6.07, 6.45) is 3.99. The maximum absolute atomic E-state index is 13.8. The summed E-state index contributed by atoms with van der Waals surface area (Å²) in [4.78, 5) is 18.6. The first kappa shape index (κ1) is 24.8. The Kier molecular flexibility index (Phi) is 7.70. The van der Waals surface area contributed by atoms with Crippen LogP contribution < -0.4 is 4.90 Å². The first-order chi connectivity index (χ1) is 14.9. The monoisotopic (exact) mass is 469 g/mol. The van der Waals surface area contributed by atoms with Gasteiger partial charge in [-0.15, -0.1) is 0 Å². The van der Waals surface area contributed by atoms with E-state index in [1.54, 1.807) is 4.90 Å². The summed E-state index contributed by atoms with van der Waals surface area (Å²) in [6, 6.07) is 3.88. The lowest BCUT2D eigenvalue weighted by molar-refractivity contribution is 0.0177. The molecule has 0 saturated carbocycles. The molecule has 2 aliphatic heterocycles. The van der Waals surface area contributed by atoms with E-state index in [0.29, 0.717) is 24.7 Å². The molecule has 9 heteroatoms. The summed E-state index contributed by atoms with van der Waals surface area (Å²) in [5.74, 6) is 0.166. The summed E-state index contributed by atoms with van der Waals surface area (Å²) >= 11 is 0. The third-order valence-corrected chi connectivity index (χ3v) is 7.30. The Labute approximate surface area is 191 Å². The highest BCUT2D eigenvalue weighted by atomic mass is 32.2. The highest BCUT2D eigenvalue weighted by Gasteiger charge is 2.28. The Balaban J connectivity index is 1.44. The Morgan fingerprint density at radius 1 is 1.09 bits per heavy atom. The molecule has 0 aliphatic carbocycles. The highest BCUT2D eigenvalue weighted by Crippen LogP contribution is 2.28. The lowest BCUT2D eigenvalue weighted by Gasteiger charge is -2.38. The Hall–Kier alpha value is -1.87. The van der Waals surface area contributed by atoms with Crippen LogP contribution in [0.2, 0.25) is 0 Å². The molecule has 1 amide bonds. The zero-order chi connectivity index (χ0) is 23.5. The van der Waals surface area contributed by atoms with Crippen molar-refractivity contribution in [1.29, 1.82) is 0 Å². The number of piperidine rings is 1. The largest absolute Gasteiger partial charge is 0.444 e. The number of halogens is 1. The number of carbonyl (C=O) groups excluding carboxylic acids is 1. The van der Waals surface area contributed by atoms with Crippen LogP contribution in [0.1, 0.15) is 40.0 Å². The van der Waals surface area contributed by atoms with E-state index >= 15 is 0 Å². The quantitative estimate of drug-likeness (QED) is 0.616. The van der Waals surface area contributed by atoms with Gasteiger partial charge >= 0.3 is 6.09 Å². The minimum absolute atomic E-state index is 0.184. The van der Waals surface area contributed by atoms with Crippen molar-refractivity contribution in [3.8, 4) is 0 Å². The molecule has 0 radical (unpaired) electrons. The van der Waals surface area contributed by atoms with Gasteiger partial charge in [0.15, 0.2) is 9.84 Å². The number of nitrogens with zero attached hydrogens (tertiary/aromatic N) is 3. The van der Waals surface area contributed by atoms with Crippen LogP contribution in [-0.2, 0) is 14.6 Å². The minimum atomic E-state index is -3.42. The fraction of sp³-hybridized carbons (Fsp3) is 0.696. The first-order valence-electron chi connectivity index (χ1n) is 11.4. The second-order valence-corrected chi connectivity index (χ2v) is 11.9. The number of anilines is 1. The van der Waals surface area contributed by atoms with E-state index < -0.39 is 21.3 Å². The van der Waals surface area contributed by atoms with Crippen molar-refractivity contribution in [2.45, 2.75) is 50.5 Å². The van der Waals surface area contributed by atoms with Crippen LogP contribution in [-0.4, -0.2) is 82.0 Å². The molecule has 2 aliphatic rings. The van der Waals surface area contributed by atoms with Gasteiger partial charge in [0.25, 0.3) is 0 Å². The van der Waals surface area contributed by atoms with Crippen LogP contribution in [0.15, 0.2) is 23.1 Å². The van der Waals surface area contributed by atoms with Crippen LogP contribution >= 0.6 is 0 Å². The zero-order valence-electron chi connectivity index (χ0n) is 19.6. The number of hydrogen-bond donors (Lipinski definition) is 0. The van der Waals surface area contributed by atoms with E-state index in [-0.39, 0.29) is 11.0 Å². The molecule has 1 aromatic carbocycles. The molecule has 7 nitrogen and oxygen atoms in total. The van der Waals surface area contributed by atoms with E-state index in [4.69, 9.17) is 4.74 Å². The Morgan fingerprint density at radius 3 is 2.28 bits per heavy atom. The maximum atomic E-state index is 13.8. The average molecular weight is 470 g/mol. The standard InChI is InChI=1S/C23H36FN3O4S/c1-23(2,3)31-22(28)27-11-8-18(9-12-27)7-10-25-13-15-26(16-14-25)20-17-19(24)5-6-21(20)32(4,29)30/h5-6,17-18H,7-16H2,1-4H3. The molecule has 2 fully saturated rings. The molecule has 2 heterocycles. The fourth-order valence-electron chi connectivity index (χ4n) is 4.36. The van der Waals surface area contributed by atoms with Gasteiger partial charge in [0.05, 0.1) is 10.6 Å². The summed E-state index contributed by atoms with van der Waals surface area (Å²) in [5.41, 5.74) is -0.00870. The second-order valence-electron chi connectivity index (χ2n) is 9.91. The molecule has 0 atom stereocenters. The predicted molar refractivity (Wildman–Crippen MR) is 123 cm³/mol. The zero-order valence-corrected chi connectivity index (χ0v) is 20.5. The number of rotatable bonds is 5. The number of amides is 1. The van der Waals surface area contributed by atoms with Gasteiger partial charge in [-0.25, -0.2) is 17.6 Å². The molecule has 0 bridgehead atoms. The van der Waals surface area contributed by atoms with E-state index in [9.17, 15) is 17.6 Å². The topological polar surface area (TPSA) is 70.2 Å². The van der Waals surface area contributed by atoms with Crippen LogP contribution in [0.4, 0.5) is 14.9 Å². The molecular weight excluding hydrogens is 433 g/mol. The van der Waals surface area contributed by atoms with Crippen LogP contribution in [0.25, 0.3) is 0 Å². The number of likely N-dealkylation sites (tertiary alicyclic amines) is 1. The van der Waals surface area contributed by atoms with Crippen molar-refractivity contribution >= 4 is 21.6 Å². The van der Waals surface area contributed by atoms with Crippen molar-refractivity contribution < 1.29 is 22.3 Å². The van der Waals surface area contributed by atoms with Crippen molar-refractivity contribution in [2.75, 3.05) is 57.0 Å². The van der Waals surface area contributed by atoms with Gasteiger partial charge in [0.2, 0.25) is 0 Å². The number of piperazine rings is 1. The molecule has 0 spiro atoms. The normalized spacial score (nSPS) is 19.3. The van der Waals surface area contributed by atoms with E-state index in [2.05, 4.69) is 4.90 Å². The number of carbonyl (C=O) groups is 1. The van der Waals surface area contributed by atoms with Gasteiger partial charge in [-0.1, -0.05) is 0 Å². The highest BCUT2D eigenvalue weighted by molar-refractivity contribution is 7.90. The lowest BCUT2D eigenvalue weighted by atomic mass is 9.93. The molecule has 1 aromatic rings. The van der Waals surface area contributed by atoms with Crippen molar-refractivity contribution in [1.82, 2.24) is 9.80 Å². The number of benzene rings is 1. The summed E-state index contributed by atoms with van der Waals surface area (Å²) < 4.78 is 43.4. The maximum Gasteiger partial charge on any atom is 0.410 e. The molecule has 2 saturated heterocycles. The van der Waals surface area contributed by atoms with Crippen LogP contribution in [0.3, 0.4) is 0 Å². The van der Waals surface area contributed by atoms with E-state index in [1.807, 2.05) is 25.7 Å². The van der Waals surface area contributed by atoms with Gasteiger partial charge in [-0.05, 0) is 70.7 Å². The number of hydrogen-bond acceptors (Lipinski definition) is 6. The fourth-order valence-corrected chi connectivity index (χ4v) is 5.24. The molecule has 0 unspecified atom stereocenters. The van der Waals surface area contributed by atoms with Gasteiger partial charge in [0, 0.05) is 45.5 Å². The van der Waals surface area contributed by atoms with Gasteiger partial charge in [0.1, 0.15) is 11.4 Å². The predicted octanol–water partition coefficient (Wildman–Crippen LogP) is 3.39. The molecular formula is C23H36FN3O4S. The van der Waals surface area contributed by atoms with Crippen molar-refractivity contribution in [3.63, 3.8) is 0 Å². The third kappa shape index (κ3) is 6.81. The van der Waals surface area contributed by atoms with Crippen LogP contribution in [0.5, 0.6) is 0 Å². The molecule has 0 N–H and O–H groups in total. The molecule has 0 aromatic heterocycles. The van der Waals surface area contributed by atoms with Crippen molar-refractivity contribution in [3.05, 3.63) is 24.0 Å².